The van der Waals surface area contributed by atoms with Crippen molar-refractivity contribution in [3.63, 3.8) is 0 Å². The lowest BCUT2D eigenvalue weighted by Crippen LogP contribution is -2.40. The number of imide groups is 1. The molecule has 1 fully saturated rings. The highest BCUT2D eigenvalue weighted by molar-refractivity contribution is 6.07. The van der Waals surface area contributed by atoms with Crippen molar-refractivity contribution < 1.29 is 9.59 Å². The van der Waals surface area contributed by atoms with Gasteiger partial charge in [0.25, 0.3) is 5.91 Å². The monoisotopic (exact) mass is 270 g/mol. The van der Waals surface area contributed by atoms with Gasteiger partial charge in [0.2, 0.25) is 0 Å². The Morgan fingerprint density at radius 3 is 2.70 bits per heavy atom. The minimum absolute atomic E-state index is 0.347. The molecule has 1 atom stereocenters. The lowest BCUT2D eigenvalue weighted by atomic mass is 9.90. The number of nitrogens with zero attached hydrogens (tertiary/aromatic N) is 2. The maximum Gasteiger partial charge on any atom is 0.322 e. The number of nitrogens with one attached hydrogen (secondary N) is 2. The first kappa shape index (κ1) is 12.4. The van der Waals surface area contributed by atoms with Crippen LogP contribution in [0.5, 0.6) is 0 Å². The van der Waals surface area contributed by atoms with Crippen LogP contribution >= 0.6 is 0 Å². The summed E-state index contributed by atoms with van der Waals surface area (Å²) in [6.45, 7) is 1.69. The summed E-state index contributed by atoms with van der Waals surface area (Å²) in [7, 11) is 1.90. The van der Waals surface area contributed by atoms with E-state index in [2.05, 4.69) is 15.6 Å². The van der Waals surface area contributed by atoms with Crippen LogP contribution in [0.1, 0.15) is 12.5 Å². The molecule has 2 N–H and O–H groups in total. The molecule has 1 aliphatic heterocycles. The van der Waals surface area contributed by atoms with Gasteiger partial charge >= 0.3 is 6.03 Å². The molecule has 2 aromatic rings. The number of rotatable bonds is 2. The second kappa shape index (κ2) is 4.19. The number of urea groups is 1. The third-order valence-electron chi connectivity index (χ3n) is 3.49. The number of amides is 3. The number of aryl methyl sites for hydroxylation is 1. The molecule has 3 amide bonds. The minimum Gasteiger partial charge on any atom is -0.340 e. The van der Waals surface area contributed by atoms with Gasteiger partial charge < -0.3 is 9.88 Å². The van der Waals surface area contributed by atoms with Gasteiger partial charge in [-0.05, 0) is 18.6 Å². The number of imidazole rings is 1. The molecule has 0 bridgehead atoms. The van der Waals surface area contributed by atoms with Crippen LogP contribution < -0.4 is 10.6 Å². The Morgan fingerprint density at radius 2 is 2.10 bits per heavy atom. The van der Waals surface area contributed by atoms with Crippen molar-refractivity contribution >= 4 is 11.9 Å². The number of carbonyl (C=O) groups excluding carboxylic acids is 2. The summed E-state index contributed by atoms with van der Waals surface area (Å²) in [5.74, 6) is -0.347. The normalized spacial score (nSPS) is 21.7. The maximum absolute atomic E-state index is 11.9. The maximum atomic E-state index is 11.9. The van der Waals surface area contributed by atoms with Crippen LogP contribution in [0.15, 0.2) is 36.8 Å². The van der Waals surface area contributed by atoms with Crippen LogP contribution in [0.3, 0.4) is 0 Å². The number of hydrogen-bond donors (Lipinski definition) is 2. The van der Waals surface area contributed by atoms with Crippen LogP contribution in [0.2, 0.25) is 0 Å². The Kier molecular flexibility index (Phi) is 2.60. The third-order valence-corrected chi connectivity index (χ3v) is 3.49. The largest absolute Gasteiger partial charge is 0.340 e. The zero-order valence-corrected chi connectivity index (χ0v) is 11.2. The molecule has 1 aliphatic rings. The number of hydrogen-bond acceptors (Lipinski definition) is 3. The molecule has 1 aromatic heterocycles. The number of benzene rings is 1. The van der Waals surface area contributed by atoms with E-state index in [0.717, 1.165) is 16.8 Å². The Balaban J connectivity index is 2.04. The van der Waals surface area contributed by atoms with Gasteiger partial charge in [-0.2, -0.15) is 0 Å². The summed E-state index contributed by atoms with van der Waals surface area (Å²) < 4.78 is 1.85. The van der Waals surface area contributed by atoms with Gasteiger partial charge in [0.05, 0.1) is 12.0 Å². The van der Waals surface area contributed by atoms with Gasteiger partial charge in [-0.15, -0.1) is 0 Å². The van der Waals surface area contributed by atoms with E-state index < -0.39 is 11.6 Å². The topological polar surface area (TPSA) is 76.0 Å². The minimum atomic E-state index is -1.04. The summed E-state index contributed by atoms with van der Waals surface area (Å²) >= 11 is 0. The molecule has 0 radical (unpaired) electrons. The first-order chi connectivity index (χ1) is 9.49. The molecule has 0 saturated carbocycles. The zero-order valence-electron chi connectivity index (χ0n) is 11.2. The van der Waals surface area contributed by atoms with Crippen molar-refractivity contribution in [1.29, 1.82) is 0 Å². The lowest BCUT2D eigenvalue weighted by molar-refractivity contribution is -0.123. The summed E-state index contributed by atoms with van der Waals surface area (Å²) in [4.78, 5) is 27.6. The summed E-state index contributed by atoms with van der Waals surface area (Å²) in [6, 6.07) is 6.98. The highest BCUT2D eigenvalue weighted by Gasteiger charge is 2.43. The van der Waals surface area contributed by atoms with Crippen LogP contribution in [0, 0.1) is 0 Å². The summed E-state index contributed by atoms with van der Waals surface area (Å²) in [6.07, 6.45) is 3.61. The smallest absolute Gasteiger partial charge is 0.322 e. The van der Waals surface area contributed by atoms with Crippen molar-refractivity contribution in [2.24, 2.45) is 7.05 Å². The van der Waals surface area contributed by atoms with E-state index in [1.807, 2.05) is 42.1 Å². The van der Waals surface area contributed by atoms with E-state index in [-0.39, 0.29) is 5.91 Å². The van der Waals surface area contributed by atoms with E-state index in [1.54, 1.807) is 13.3 Å². The van der Waals surface area contributed by atoms with E-state index in [1.165, 1.54) is 0 Å². The molecular formula is C14H14N4O2. The Morgan fingerprint density at radius 1 is 1.30 bits per heavy atom. The quantitative estimate of drug-likeness (QED) is 0.803. The molecule has 102 valence electrons. The second-order valence-electron chi connectivity index (χ2n) is 5.04. The molecule has 20 heavy (non-hydrogen) atoms. The highest BCUT2D eigenvalue weighted by atomic mass is 16.2. The Bertz CT molecular complexity index is 707. The fourth-order valence-corrected chi connectivity index (χ4v) is 2.30. The van der Waals surface area contributed by atoms with Crippen molar-refractivity contribution in [2.75, 3.05) is 0 Å². The van der Waals surface area contributed by atoms with Gasteiger partial charge in [-0.25, -0.2) is 9.78 Å². The Hall–Kier alpha value is -2.63. The predicted octanol–water partition coefficient (Wildman–Crippen LogP) is 1.14. The molecule has 1 unspecified atom stereocenters. The molecule has 1 aromatic carbocycles. The summed E-state index contributed by atoms with van der Waals surface area (Å²) in [5, 5.41) is 4.92. The van der Waals surface area contributed by atoms with Crippen LogP contribution in [-0.2, 0) is 17.4 Å². The van der Waals surface area contributed by atoms with Crippen LogP contribution in [0.25, 0.3) is 11.3 Å². The van der Waals surface area contributed by atoms with Gasteiger partial charge in [-0.3, -0.25) is 10.1 Å². The van der Waals surface area contributed by atoms with Crippen LogP contribution in [0.4, 0.5) is 4.79 Å². The van der Waals surface area contributed by atoms with Crippen LogP contribution in [-0.4, -0.2) is 21.5 Å². The molecule has 6 nitrogen and oxygen atoms in total. The van der Waals surface area contributed by atoms with E-state index in [9.17, 15) is 9.59 Å². The summed E-state index contributed by atoms with van der Waals surface area (Å²) in [5.41, 5.74) is 1.41. The molecule has 3 rings (SSSR count). The molecule has 0 spiro atoms. The van der Waals surface area contributed by atoms with Gasteiger partial charge in [0, 0.05) is 18.8 Å². The van der Waals surface area contributed by atoms with E-state index >= 15 is 0 Å². The molecular weight excluding hydrogens is 256 g/mol. The fourth-order valence-electron chi connectivity index (χ4n) is 2.30. The zero-order chi connectivity index (χ0) is 14.3. The number of carbonyl (C=O) groups is 2. The van der Waals surface area contributed by atoms with E-state index in [4.69, 9.17) is 0 Å². The standard InChI is InChI=1S/C14H14N4O2/c1-14(12(19)16-13(20)17-14)10-5-3-4-9(6-10)11-7-18(2)8-15-11/h3-8H,1-2H3,(H2,16,17,19,20). The molecule has 2 heterocycles. The Labute approximate surface area is 115 Å². The van der Waals surface area contributed by atoms with Crippen molar-refractivity contribution in [3.8, 4) is 11.3 Å². The van der Waals surface area contributed by atoms with E-state index in [0.29, 0.717) is 0 Å². The second-order valence-corrected chi connectivity index (χ2v) is 5.04. The highest BCUT2D eigenvalue weighted by Crippen LogP contribution is 2.28. The van der Waals surface area contributed by atoms with Gasteiger partial charge in [0.15, 0.2) is 0 Å². The predicted molar refractivity (Wildman–Crippen MR) is 72.7 cm³/mol. The van der Waals surface area contributed by atoms with Gasteiger partial charge in [-0.1, -0.05) is 18.2 Å². The first-order valence-electron chi connectivity index (χ1n) is 6.21. The average Bonchev–Trinajstić information content (AvgIpc) is 2.95. The molecule has 1 saturated heterocycles. The van der Waals surface area contributed by atoms with Crippen molar-refractivity contribution in [3.05, 3.63) is 42.4 Å². The first-order valence-corrected chi connectivity index (χ1v) is 6.21. The van der Waals surface area contributed by atoms with Gasteiger partial charge in [0.1, 0.15) is 5.54 Å². The number of aromatic nitrogens is 2. The molecule has 0 aliphatic carbocycles. The SMILES string of the molecule is Cn1cnc(-c2cccc(C3(C)NC(=O)NC3=O)c2)c1. The lowest BCUT2D eigenvalue weighted by Gasteiger charge is -2.21. The molecule has 6 heteroatoms. The third kappa shape index (κ3) is 1.85. The van der Waals surface area contributed by atoms with Crippen molar-refractivity contribution in [2.45, 2.75) is 12.5 Å². The fraction of sp³-hybridized carbons (Fsp3) is 0.214. The average molecular weight is 270 g/mol. The van der Waals surface area contributed by atoms with Crippen molar-refractivity contribution in [1.82, 2.24) is 20.2 Å².